The highest BCUT2D eigenvalue weighted by atomic mass is 19.1. The van der Waals surface area contributed by atoms with Crippen LogP contribution >= 0.6 is 0 Å². The van der Waals surface area contributed by atoms with Gasteiger partial charge in [0, 0.05) is 5.39 Å². The summed E-state index contributed by atoms with van der Waals surface area (Å²) in [6, 6.07) is 4.59. The number of amides is 1. The highest BCUT2D eigenvalue weighted by Crippen LogP contribution is 2.21. The van der Waals surface area contributed by atoms with E-state index < -0.39 is 5.91 Å². The lowest BCUT2D eigenvalue weighted by Gasteiger charge is -1.95. The first-order valence-electron chi connectivity index (χ1n) is 4.17. The quantitative estimate of drug-likeness (QED) is 0.710. The van der Waals surface area contributed by atoms with Crippen molar-refractivity contribution in [2.45, 2.75) is 6.92 Å². The van der Waals surface area contributed by atoms with E-state index in [-0.39, 0.29) is 11.5 Å². The Morgan fingerprint density at radius 3 is 2.79 bits per heavy atom. The van der Waals surface area contributed by atoms with Crippen LogP contribution in [0.25, 0.3) is 10.9 Å². The average Bonchev–Trinajstić information content (AvgIpc) is 2.57. The summed E-state index contributed by atoms with van der Waals surface area (Å²) in [5.74, 6) is -0.960. The van der Waals surface area contributed by atoms with Crippen LogP contribution < -0.4 is 5.73 Å². The Hall–Kier alpha value is -1.84. The summed E-state index contributed by atoms with van der Waals surface area (Å²) < 4.78 is 13.3. The van der Waals surface area contributed by atoms with Crippen molar-refractivity contribution in [2.24, 2.45) is 5.73 Å². The topological polar surface area (TPSA) is 58.9 Å². The van der Waals surface area contributed by atoms with Crippen molar-refractivity contribution in [3.63, 3.8) is 0 Å². The van der Waals surface area contributed by atoms with Gasteiger partial charge < -0.3 is 10.7 Å². The van der Waals surface area contributed by atoms with Crippen LogP contribution in [0.4, 0.5) is 4.39 Å². The summed E-state index contributed by atoms with van der Waals surface area (Å²) in [6.45, 7) is 1.85. The number of aromatic nitrogens is 1. The smallest absolute Gasteiger partial charge is 0.265 e. The normalized spacial score (nSPS) is 10.7. The summed E-state index contributed by atoms with van der Waals surface area (Å²) in [5, 5.41) is 0.693. The third kappa shape index (κ3) is 1.16. The van der Waals surface area contributed by atoms with Gasteiger partial charge in [0.2, 0.25) is 0 Å². The number of aryl methyl sites for hydroxylation is 1. The van der Waals surface area contributed by atoms with Crippen molar-refractivity contribution in [1.29, 1.82) is 0 Å². The molecule has 0 aliphatic heterocycles. The third-order valence-electron chi connectivity index (χ3n) is 2.23. The second-order valence-electron chi connectivity index (χ2n) is 3.20. The van der Waals surface area contributed by atoms with Crippen molar-refractivity contribution in [3.8, 4) is 0 Å². The Morgan fingerprint density at radius 1 is 1.50 bits per heavy atom. The molecule has 72 valence electrons. The second-order valence-corrected chi connectivity index (χ2v) is 3.20. The molecule has 0 bridgehead atoms. The van der Waals surface area contributed by atoms with Gasteiger partial charge in [-0.25, -0.2) is 4.39 Å². The molecule has 0 spiro atoms. The van der Waals surface area contributed by atoms with Gasteiger partial charge in [0.1, 0.15) is 11.5 Å². The number of halogens is 1. The summed E-state index contributed by atoms with van der Waals surface area (Å²) in [5.41, 5.74) is 6.55. The second kappa shape index (κ2) is 2.83. The SMILES string of the molecule is Cc1ccc(F)c2[nH]c(C(N)=O)cc12. The Balaban J connectivity index is 2.82. The van der Waals surface area contributed by atoms with Crippen LogP contribution in [-0.4, -0.2) is 10.9 Å². The molecule has 0 fully saturated rings. The van der Waals surface area contributed by atoms with E-state index in [1.807, 2.05) is 6.92 Å². The van der Waals surface area contributed by atoms with Crippen LogP contribution in [0, 0.1) is 12.7 Å². The number of hydrogen-bond acceptors (Lipinski definition) is 1. The van der Waals surface area contributed by atoms with E-state index in [2.05, 4.69) is 4.98 Å². The van der Waals surface area contributed by atoms with E-state index in [4.69, 9.17) is 5.73 Å². The van der Waals surface area contributed by atoms with Crippen LogP contribution in [0.2, 0.25) is 0 Å². The van der Waals surface area contributed by atoms with Crippen molar-refractivity contribution >= 4 is 16.8 Å². The number of nitrogens with two attached hydrogens (primary N) is 1. The molecule has 0 saturated heterocycles. The molecular formula is C10H9FN2O. The minimum Gasteiger partial charge on any atom is -0.364 e. The van der Waals surface area contributed by atoms with Crippen LogP contribution in [-0.2, 0) is 0 Å². The predicted molar refractivity (Wildman–Crippen MR) is 51.5 cm³/mol. The fourth-order valence-electron chi connectivity index (χ4n) is 1.46. The van der Waals surface area contributed by atoms with Gasteiger partial charge in [-0.1, -0.05) is 6.07 Å². The van der Waals surface area contributed by atoms with Gasteiger partial charge in [-0.2, -0.15) is 0 Å². The minimum atomic E-state index is -0.583. The molecule has 0 unspecified atom stereocenters. The Morgan fingerprint density at radius 2 is 2.21 bits per heavy atom. The molecule has 0 atom stereocenters. The van der Waals surface area contributed by atoms with E-state index in [9.17, 15) is 9.18 Å². The molecule has 0 aliphatic rings. The number of benzene rings is 1. The fourth-order valence-corrected chi connectivity index (χ4v) is 1.46. The summed E-state index contributed by atoms with van der Waals surface area (Å²) in [6.07, 6.45) is 0. The average molecular weight is 192 g/mol. The zero-order chi connectivity index (χ0) is 10.3. The number of rotatable bonds is 1. The maximum atomic E-state index is 13.3. The van der Waals surface area contributed by atoms with Crippen LogP contribution in [0.3, 0.4) is 0 Å². The third-order valence-corrected chi connectivity index (χ3v) is 2.23. The molecule has 1 aromatic heterocycles. The maximum absolute atomic E-state index is 13.3. The molecule has 0 radical (unpaired) electrons. The molecule has 3 nitrogen and oxygen atoms in total. The maximum Gasteiger partial charge on any atom is 0.265 e. The van der Waals surface area contributed by atoms with Crippen molar-refractivity contribution in [2.75, 3.05) is 0 Å². The predicted octanol–water partition coefficient (Wildman–Crippen LogP) is 1.71. The molecule has 2 aromatic rings. The number of fused-ring (bicyclic) bond motifs is 1. The largest absolute Gasteiger partial charge is 0.364 e. The van der Waals surface area contributed by atoms with E-state index >= 15 is 0 Å². The van der Waals surface area contributed by atoms with Crippen molar-refractivity contribution < 1.29 is 9.18 Å². The van der Waals surface area contributed by atoms with Gasteiger partial charge in [-0.3, -0.25) is 4.79 Å². The Bertz CT molecular complexity index is 477. The van der Waals surface area contributed by atoms with Gasteiger partial charge in [0.25, 0.3) is 5.91 Å². The minimum absolute atomic E-state index is 0.230. The molecular weight excluding hydrogens is 183 g/mol. The first kappa shape index (κ1) is 8.74. The van der Waals surface area contributed by atoms with Gasteiger partial charge in [0.05, 0.1) is 5.52 Å². The molecule has 0 saturated carbocycles. The molecule has 0 aliphatic carbocycles. The van der Waals surface area contributed by atoms with Crippen LogP contribution in [0.5, 0.6) is 0 Å². The highest BCUT2D eigenvalue weighted by Gasteiger charge is 2.10. The number of carbonyl (C=O) groups excluding carboxylic acids is 1. The first-order chi connectivity index (χ1) is 6.59. The standard InChI is InChI=1S/C10H9FN2O/c1-5-2-3-7(11)9-6(5)4-8(13-9)10(12)14/h2-4,13H,1H3,(H2,12,14). The first-order valence-corrected chi connectivity index (χ1v) is 4.17. The molecule has 3 N–H and O–H groups in total. The van der Waals surface area contributed by atoms with Gasteiger partial charge >= 0.3 is 0 Å². The Kier molecular flexibility index (Phi) is 1.77. The highest BCUT2D eigenvalue weighted by molar-refractivity contribution is 5.98. The van der Waals surface area contributed by atoms with E-state index in [0.29, 0.717) is 10.9 Å². The summed E-state index contributed by atoms with van der Waals surface area (Å²) in [7, 11) is 0. The van der Waals surface area contributed by atoms with Crippen LogP contribution in [0.1, 0.15) is 16.1 Å². The Labute approximate surface area is 79.7 Å². The van der Waals surface area contributed by atoms with Gasteiger partial charge in [-0.15, -0.1) is 0 Å². The number of hydrogen-bond donors (Lipinski definition) is 2. The zero-order valence-electron chi connectivity index (χ0n) is 7.60. The summed E-state index contributed by atoms with van der Waals surface area (Å²) >= 11 is 0. The molecule has 1 aromatic carbocycles. The molecule has 14 heavy (non-hydrogen) atoms. The van der Waals surface area contributed by atoms with Crippen molar-refractivity contribution in [3.05, 3.63) is 35.3 Å². The number of H-pyrrole nitrogens is 1. The molecule has 1 amide bonds. The number of primary amides is 1. The zero-order valence-corrected chi connectivity index (χ0v) is 7.60. The lowest BCUT2D eigenvalue weighted by molar-refractivity contribution is 0.0996. The number of nitrogens with one attached hydrogen (secondary N) is 1. The summed E-state index contributed by atoms with van der Waals surface area (Å²) in [4.78, 5) is 13.5. The lowest BCUT2D eigenvalue weighted by atomic mass is 10.1. The number of carbonyl (C=O) groups is 1. The van der Waals surface area contributed by atoms with E-state index in [1.165, 1.54) is 6.07 Å². The fraction of sp³-hybridized carbons (Fsp3) is 0.100. The number of aromatic amines is 1. The van der Waals surface area contributed by atoms with Crippen LogP contribution in [0.15, 0.2) is 18.2 Å². The van der Waals surface area contributed by atoms with Crippen molar-refractivity contribution in [1.82, 2.24) is 4.98 Å². The molecule has 1 heterocycles. The van der Waals surface area contributed by atoms with E-state index in [1.54, 1.807) is 12.1 Å². The molecule has 2 rings (SSSR count). The molecule has 4 heteroatoms. The van der Waals surface area contributed by atoms with E-state index in [0.717, 1.165) is 5.56 Å². The monoisotopic (exact) mass is 192 g/mol. The van der Waals surface area contributed by atoms with Gasteiger partial charge in [0.15, 0.2) is 0 Å². The van der Waals surface area contributed by atoms with Gasteiger partial charge in [-0.05, 0) is 24.6 Å². The lowest BCUT2D eigenvalue weighted by Crippen LogP contribution is -2.10.